The summed E-state index contributed by atoms with van der Waals surface area (Å²) in [6, 6.07) is 6.21. The molecule has 0 N–H and O–H groups in total. The number of ether oxygens (including phenoxy) is 2. The average molecular weight is 530 g/mol. The van der Waals surface area contributed by atoms with Crippen molar-refractivity contribution in [2.75, 3.05) is 37.3 Å². The van der Waals surface area contributed by atoms with E-state index in [1.807, 2.05) is 0 Å². The van der Waals surface area contributed by atoms with Gasteiger partial charge in [0.05, 0.1) is 16.1 Å². The van der Waals surface area contributed by atoms with Crippen LogP contribution in [-0.2, 0) is 21.2 Å². The molecule has 2 aromatic carbocycles. The van der Waals surface area contributed by atoms with Gasteiger partial charge in [0.15, 0.2) is 21.8 Å². The maximum absolute atomic E-state index is 15.0. The van der Waals surface area contributed by atoms with Crippen LogP contribution in [0.2, 0.25) is 0 Å². The SMILES string of the molecule is C[C@H](Oc1ccc(S(C)(=O)=O)cc1C(=O)N1CCN(c2ccc3c(c2F)C(=O)OC3)CC1)C(F)(F)F. The number of halogens is 4. The third kappa shape index (κ3) is 4.97. The second kappa shape index (κ2) is 9.26. The minimum absolute atomic E-state index is 0.00243. The lowest BCUT2D eigenvalue weighted by Crippen LogP contribution is -2.49. The Morgan fingerprint density at radius 2 is 1.78 bits per heavy atom. The van der Waals surface area contributed by atoms with Crippen molar-refractivity contribution in [1.82, 2.24) is 4.90 Å². The summed E-state index contributed by atoms with van der Waals surface area (Å²) < 4.78 is 88.0. The topological polar surface area (TPSA) is 93.2 Å². The Bertz CT molecular complexity index is 1320. The molecule has 2 aliphatic rings. The van der Waals surface area contributed by atoms with E-state index in [1.54, 1.807) is 11.0 Å². The van der Waals surface area contributed by atoms with Gasteiger partial charge >= 0.3 is 12.1 Å². The van der Waals surface area contributed by atoms with Gasteiger partial charge in [-0.05, 0) is 31.2 Å². The highest BCUT2D eigenvalue weighted by Gasteiger charge is 2.39. The lowest BCUT2D eigenvalue weighted by atomic mass is 10.1. The Kier molecular flexibility index (Phi) is 6.62. The maximum atomic E-state index is 15.0. The number of cyclic esters (lactones) is 1. The van der Waals surface area contributed by atoms with Crippen molar-refractivity contribution in [3.05, 3.63) is 52.8 Å². The van der Waals surface area contributed by atoms with E-state index in [9.17, 15) is 35.6 Å². The molecule has 0 bridgehead atoms. The number of sulfone groups is 1. The highest BCUT2D eigenvalue weighted by Crippen LogP contribution is 2.32. The third-order valence-corrected chi connectivity index (χ3v) is 7.16. The van der Waals surface area contributed by atoms with E-state index in [-0.39, 0.29) is 54.5 Å². The number of anilines is 1. The molecule has 1 fully saturated rings. The zero-order valence-corrected chi connectivity index (χ0v) is 20.1. The molecule has 194 valence electrons. The van der Waals surface area contributed by atoms with Crippen LogP contribution in [0.4, 0.5) is 23.2 Å². The van der Waals surface area contributed by atoms with E-state index in [1.165, 1.54) is 11.0 Å². The van der Waals surface area contributed by atoms with Crippen molar-refractivity contribution in [1.29, 1.82) is 0 Å². The molecule has 2 aromatic rings. The molecule has 2 heterocycles. The highest BCUT2D eigenvalue weighted by atomic mass is 32.2. The lowest BCUT2D eigenvalue weighted by molar-refractivity contribution is -0.189. The summed E-state index contributed by atoms with van der Waals surface area (Å²) in [6.45, 7) is 1.24. The number of rotatable bonds is 5. The molecule has 1 saturated heterocycles. The van der Waals surface area contributed by atoms with Crippen LogP contribution >= 0.6 is 0 Å². The van der Waals surface area contributed by atoms with Gasteiger partial charge in [-0.25, -0.2) is 17.6 Å². The molecule has 4 rings (SSSR count). The summed E-state index contributed by atoms with van der Waals surface area (Å²) in [5.41, 5.74) is 0.168. The molecular formula is C23H22F4N2O6S. The van der Waals surface area contributed by atoms with Gasteiger partial charge in [-0.15, -0.1) is 0 Å². The first kappa shape index (κ1) is 25.7. The van der Waals surface area contributed by atoms with E-state index in [0.717, 1.165) is 31.4 Å². The molecule has 8 nitrogen and oxygen atoms in total. The second-order valence-electron chi connectivity index (χ2n) is 8.52. The average Bonchev–Trinajstić information content (AvgIpc) is 3.19. The van der Waals surface area contributed by atoms with E-state index in [0.29, 0.717) is 5.56 Å². The molecule has 0 aliphatic carbocycles. The predicted octanol–water partition coefficient (Wildman–Crippen LogP) is 3.19. The van der Waals surface area contributed by atoms with Crippen molar-refractivity contribution >= 4 is 27.4 Å². The van der Waals surface area contributed by atoms with Gasteiger partial charge in [0.2, 0.25) is 0 Å². The van der Waals surface area contributed by atoms with Crippen LogP contribution in [0.5, 0.6) is 5.75 Å². The number of fused-ring (bicyclic) bond motifs is 1. The number of carbonyl (C=O) groups is 2. The zero-order valence-electron chi connectivity index (χ0n) is 19.3. The van der Waals surface area contributed by atoms with Gasteiger partial charge in [0, 0.05) is 38.0 Å². The number of hydrogen-bond acceptors (Lipinski definition) is 7. The summed E-state index contributed by atoms with van der Waals surface area (Å²) in [5, 5.41) is 0. The van der Waals surface area contributed by atoms with Gasteiger partial charge in [-0.3, -0.25) is 4.79 Å². The molecule has 0 spiro atoms. The smallest absolute Gasteiger partial charge is 0.425 e. The molecule has 2 aliphatic heterocycles. The van der Waals surface area contributed by atoms with Crippen LogP contribution in [0.1, 0.15) is 33.2 Å². The number of carbonyl (C=O) groups excluding carboxylic acids is 2. The molecule has 1 atom stereocenters. The van der Waals surface area contributed by atoms with Gasteiger partial charge in [-0.1, -0.05) is 6.07 Å². The monoisotopic (exact) mass is 530 g/mol. The molecule has 0 radical (unpaired) electrons. The summed E-state index contributed by atoms with van der Waals surface area (Å²) in [5.74, 6) is -2.58. The summed E-state index contributed by atoms with van der Waals surface area (Å²) >= 11 is 0. The van der Waals surface area contributed by atoms with E-state index in [2.05, 4.69) is 0 Å². The van der Waals surface area contributed by atoms with Gasteiger partial charge < -0.3 is 19.3 Å². The van der Waals surface area contributed by atoms with E-state index < -0.39 is 45.6 Å². The number of hydrogen-bond donors (Lipinski definition) is 0. The minimum Gasteiger partial charge on any atom is -0.480 e. The first-order chi connectivity index (χ1) is 16.8. The standard InChI is InChI=1S/C23H22F4N2O6S/c1-13(23(25,26)27)35-18-6-4-15(36(2,32)33)11-16(18)21(30)29-9-7-28(8-10-29)17-5-3-14-12-34-22(31)19(14)20(17)24/h3-6,11,13H,7-10,12H2,1-2H3/t13-/m0/s1. The first-order valence-corrected chi connectivity index (χ1v) is 12.8. The van der Waals surface area contributed by atoms with Crippen LogP contribution < -0.4 is 9.64 Å². The van der Waals surface area contributed by atoms with Crippen molar-refractivity contribution in [3.8, 4) is 5.75 Å². The van der Waals surface area contributed by atoms with Crippen LogP contribution in [-0.4, -0.2) is 69.9 Å². The predicted molar refractivity (Wildman–Crippen MR) is 119 cm³/mol. The molecule has 13 heteroatoms. The molecule has 36 heavy (non-hydrogen) atoms. The highest BCUT2D eigenvalue weighted by molar-refractivity contribution is 7.90. The number of benzene rings is 2. The first-order valence-electron chi connectivity index (χ1n) is 10.9. The number of amides is 1. The Balaban J connectivity index is 1.56. The van der Waals surface area contributed by atoms with Crippen LogP contribution in [0.15, 0.2) is 35.2 Å². The van der Waals surface area contributed by atoms with Crippen LogP contribution in [0, 0.1) is 5.82 Å². The van der Waals surface area contributed by atoms with Crippen LogP contribution in [0.25, 0.3) is 0 Å². The largest absolute Gasteiger partial charge is 0.480 e. The maximum Gasteiger partial charge on any atom is 0.425 e. The zero-order chi connectivity index (χ0) is 26.4. The fraction of sp³-hybridized carbons (Fsp3) is 0.391. The summed E-state index contributed by atoms with van der Waals surface area (Å²) in [7, 11) is -3.76. The quantitative estimate of drug-likeness (QED) is 0.433. The number of alkyl halides is 3. The number of esters is 1. The molecule has 0 saturated carbocycles. The van der Waals surface area contributed by atoms with Crippen molar-refractivity contribution < 1.29 is 45.0 Å². The van der Waals surface area contributed by atoms with Gasteiger partial charge in [0.1, 0.15) is 17.9 Å². The van der Waals surface area contributed by atoms with Gasteiger partial charge in [0.25, 0.3) is 5.91 Å². The third-order valence-electron chi connectivity index (χ3n) is 6.05. The molecule has 1 amide bonds. The normalized spacial score (nSPS) is 17.0. The van der Waals surface area contributed by atoms with Crippen molar-refractivity contribution in [2.24, 2.45) is 0 Å². The molecular weight excluding hydrogens is 508 g/mol. The Morgan fingerprint density at radius 3 is 2.39 bits per heavy atom. The Hall–Kier alpha value is -3.35. The van der Waals surface area contributed by atoms with Crippen LogP contribution in [0.3, 0.4) is 0 Å². The number of piperazine rings is 1. The minimum atomic E-state index is -4.70. The second-order valence-corrected chi connectivity index (χ2v) is 10.5. The van der Waals surface area contributed by atoms with Crippen molar-refractivity contribution in [3.63, 3.8) is 0 Å². The Labute approximate surface area is 204 Å². The van der Waals surface area contributed by atoms with Crippen molar-refractivity contribution in [2.45, 2.75) is 30.7 Å². The lowest BCUT2D eigenvalue weighted by Gasteiger charge is -2.36. The summed E-state index contributed by atoms with van der Waals surface area (Å²) in [6.07, 6.45) is -6.03. The van der Waals surface area contributed by atoms with E-state index in [4.69, 9.17) is 9.47 Å². The summed E-state index contributed by atoms with van der Waals surface area (Å²) in [4.78, 5) is 27.8. The Morgan fingerprint density at radius 1 is 1.11 bits per heavy atom. The fourth-order valence-corrected chi connectivity index (χ4v) is 4.64. The molecule has 0 aromatic heterocycles. The molecule has 0 unspecified atom stereocenters. The van der Waals surface area contributed by atoms with Gasteiger partial charge in [-0.2, -0.15) is 13.2 Å². The number of nitrogens with zero attached hydrogens (tertiary/aromatic N) is 2. The fourth-order valence-electron chi connectivity index (χ4n) is 3.99. The van der Waals surface area contributed by atoms with E-state index >= 15 is 0 Å².